The lowest BCUT2D eigenvalue weighted by molar-refractivity contribution is -0.135. The molecule has 2 unspecified atom stereocenters. The Balaban J connectivity index is 2.36. The average molecular weight is 292 g/mol. The number of likely N-dealkylation sites (N-methyl/N-ethyl adjacent to an activating group) is 1. The highest BCUT2D eigenvalue weighted by Crippen LogP contribution is 2.35. The zero-order valence-electron chi connectivity index (χ0n) is 13.1. The van der Waals surface area contributed by atoms with E-state index in [1.807, 2.05) is 32.0 Å². The summed E-state index contributed by atoms with van der Waals surface area (Å²) in [5, 5.41) is 0. The average Bonchev–Trinajstić information content (AvgIpc) is 2.43. The van der Waals surface area contributed by atoms with Gasteiger partial charge in [-0.05, 0) is 38.0 Å². The van der Waals surface area contributed by atoms with Crippen LogP contribution in [0.4, 0.5) is 0 Å². The maximum absolute atomic E-state index is 11.9. The number of hydrogen-bond acceptors (Lipinski definition) is 4. The molecule has 2 atom stereocenters. The molecule has 0 aliphatic carbocycles. The minimum atomic E-state index is -0.119. The second kappa shape index (κ2) is 6.35. The first-order valence-electron chi connectivity index (χ1n) is 7.30. The summed E-state index contributed by atoms with van der Waals surface area (Å²) in [5.41, 5.74) is 7.20. The molecule has 0 aromatic heterocycles. The number of nitrogens with zero attached hydrogens (tertiary/aromatic N) is 1. The van der Waals surface area contributed by atoms with Gasteiger partial charge in [-0.1, -0.05) is 6.07 Å². The van der Waals surface area contributed by atoms with Gasteiger partial charge in [-0.25, -0.2) is 0 Å². The van der Waals surface area contributed by atoms with Crippen LogP contribution >= 0.6 is 0 Å². The minimum Gasteiger partial charge on any atom is -0.493 e. The summed E-state index contributed by atoms with van der Waals surface area (Å²) < 4.78 is 11.1. The molecular formula is C16H24N2O3. The fourth-order valence-corrected chi connectivity index (χ4v) is 2.76. The molecule has 0 spiro atoms. The van der Waals surface area contributed by atoms with Gasteiger partial charge in [0.1, 0.15) is 0 Å². The van der Waals surface area contributed by atoms with Crippen LogP contribution < -0.4 is 15.2 Å². The van der Waals surface area contributed by atoms with Gasteiger partial charge < -0.3 is 20.1 Å². The van der Waals surface area contributed by atoms with Crippen LogP contribution in [-0.4, -0.2) is 37.1 Å². The smallest absolute Gasteiger partial charge is 0.222 e. The van der Waals surface area contributed by atoms with Crippen LogP contribution in [0, 0.1) is 0 Å². The number of carbonyl (C=O) groups is 1. The molecule has 1 saturated heterocycles. The Labute approximate surface area is 126 Å². The Kier molecular flexibility index (Phi) is 4.73. The van der Waals surface area contributed by atoms with Crippen molar-refractivity contribution in [3.8, 4) is 11.5 Å². The van der Waals surface area contributed by atoms with E-state index in [2.05, 4.69) is 0 Å². The monoisotopic (exact) mass is 292 g/mol. The predicted octanol–water partition coefficient (Wildman–Crippen LogP) is 2.10. The van der Waals surface area contributed by atoms with Gasteiger partial charge in [0, 0.05) is 19.5 Å². The van der Waals surface area contributed by atoms with Crippen molar-refractivity contribution in [2.24, 2.45) is 5.73 Å². The van der Waals surface area contributed by atoms with E-state index in [9.17, 15) is 4.79 Å². The lowest BCUT2D eigenvalue weighted by atomic mass is 9.91. The largest absolute Gasteiger partial charge is 0.493 e. The quantitative estimate of drug-likeness (QED) is 0.923. The highest BCUT2D eigenvalue weighted by Gasteiger charge is 2.32. The van der Waals surface area contributed by atoms with Crippen molar-refractivity contribution >= 4 is 5.91 Å². The Bertz CT molecular complexity index is 516. The maximum Gasteiger partial charge on any atom is 0.222 e. The minimum absolute atomic E-state index is 0.0496. The van der Waals surface area contributed by atoms with Gasteiger partial charge in [0.2, 0.25) is 5.91 Å². The second-order valence-corrected chi connectivity index (χ2v) is 5.73. The number of hydrogen-bond donors (Lipinski definition) is 1. The fraction of sp³-hybridized carbons (Fsp3) is 0.562. The number of likely N-dealkylation sites (tertiary alicyclic amines) is 1. The highest BCUT2D eigenvalue weighted by atomic mass is 16.5. The first-order chi connectivity index (χ1) is 9.93. The molecular weight excluding hydrogens is 268 g/mol. The molecule has 1 aliphatic heterocycles. The molecule has 5 nitrogen and oxygen atoms in total. The molecule has 1 aromatic rings. The lowest BCUT2D eigenvalue weighted by Gasteiger charge is -2.37. The van der Waals surface area contributed by atoms with Crippen molar-refractivity contribution in [2.45, 2.75) is 44.9 Å². The third-order valence-corrected chi connectivity index (χ3v) is 3.80. The molecule has 21 heavy (non-hydrogen) atoms. The van der Waals surface area contributed by atoms with Crippen molar-refractivity contribution in [3.63, 3.8) is 0 Å². The third-order valence-electron chi connectivity index (χ3n) is 3.80. The van der Waals surface area contributed by atoms with Crippen molar-refractivity contribution in [1.29, 1.82) is 0 Å². The molecule has 0 bridgehead atoms. The first-order valence-corrected chi connectivity index (χ1v) is 7.30. The Morgan fingerprint density at radius 2 is 2.05 bits per heavy atom. The standard InChI is InChI=1S/C16H24N2O3/c1-10(2)21-14-9-11(5-7-13(14)20-4)16-12(17)6-8-15(19)18(16)3/h5,7,9-10,12,16H,6,8,17H2,1-4H3. The normalized spacial score (nSPS) is 22.6. The summed E-state index contributed by atoms with van der Waals surface area (Å²) in [6, 6.07) is 5.57. The van der Waals surface area contributed by atoms with E-state index in [0.717, 1.165) is 5.56 Å². The zero-order chi connectivity index (χ0) is 15.6. The van der Waals surface area contributed by atoms with Gasteiger partial charge in [0.25, 0.3) is 0 Å². The molecule has 1 amide bonds. The van der Waals surface area contributed by atoms with Crippen molar-refractivity contribution in [2.75, 3.05) is 14.2 Å². The fourth-order valence-electron chi connectivity index (χ4n) is 2.76. The second-order valence-electron chi connectivity index (χ2n) is 5.73. The summed E-state index contributed by atoms with van der Waals surface area (Å²) in [6.07, 6.45) is 1.27. The summed E-state index contributed by atoms with van der Waals surface area (Å²) >= 11 is 0. The Hall–Kier alpha value is -1.75. The van der Waals surface area contributed by atoms with Gasteiger partial charge in [-0.2, -0.15) is 0 Å². The molecule has 1 heterocycles. The van der Waals surface area contributed by atoms with E-state index in [4.69, 9.17) is 15.2 Å². The third kappa shape index (κ3) is 3.29. The van der Waals surface area contributed by atoms with E-state index >= 15 is 0 Å². The number of rotatable bonds is 4. The topological polar surface area (TPSA) is 64.8 Å². The van der Waals surface area contributed by atoms with Crippen molar-refractivity contribution < 1.29 is 14.3 Å². The van der Waals surface area contributed by atoms with Gasteiger partial charge in [0.05, 0.1) is 19.3 Å². The summed E-state index contributed by atoms with van der Waals surface area (Å²) in [6.45, 7) is 3.93. The zero-order valence-corrected chi connectivity index (χ0v) is 13.1. The van der Waals surface area contributed by atoms with Crippen LogP contribution in [0.1, 0.15) is 38.3 Å². The van der Waals surface area contributed by atoms with E-state index in [1.165, 1.54) is 0 Å². The van der Waals surface area contributed by atoms with E-state index in [1.54, 1.807) is 19.1 Å². The van der Waals surface area contributed by atoms with Gasteiger partial charge in [0.15, 0.2) is 11.5 Å². The summed E-state index contributed by atoms with van der Waals surface area (Å²) in [7, 11) is 3.42. The molecule has 2 rings (SSSR count). The predicted molar refractivity (Wildman–Crippen MR) is 81.5 cm³/mol. The van der Waals surface area contributed by atoms with Crippen LogP contribution in [0.15, 0.2) is 18.2 Å². The molecule has 2 N–H and O–H groups in total. The summed E-state index contributed by atoms with van der Waals surface area (Å²) in [4.78, 5) is 13.7. The summed E-state index contributed by atoms with van der Waals surface area (Å²) in [5.74, 6) is 1.50. The molecule has 0 radical (unpaired) electrons. The van der Waals surface area contributed by atoms with E-state index in [0.29, 0.717) is 24.3 Å². The van der Waals surface area contributed by atoms with Crippen LogP contribution in [-0.2, 0) is 4.79 Å². The highest BCUT2D eigenvalue weighted by molar-refractivity contribution is 5.77. The molecule has 0 saturated carbocycles. The van der Waals surface area contributed by atoms with Gasteiger partial charge in [-0.3, -0.25) is 4.79 Å². The molecule has 116 valence electrons. The lowest BCUT2D eigenvalue weighted by Crippen LogP contribution is -2.46. The molecule has 1 aliphatic rings. The molecule has 5 heteroatoms. The van der Waals surface area contributed by atoms with Crippen molar-refractivity contribution in [1.82, 2.24) is 4.90 Å². The number of ether oxygens (including phenoxy) is 2. The Morgan fingerprint density at radius 3 is 2.67 bits per heavy atom. The van der Waals surface area contributed by atoms with E-state index in [-0.39, 0.29) is 24.1 Å². The van der Waals surface area contributed by atoms with Crippen molar-refractivity contribution in [3.05, 3.63) is 23.8 Å². The van der Waals surface area contributed by atoms with E-state index < -0.39 is 0 Å². The number of piperidine rings is 1. The molecule has 1 fully saturated rings. The number of carbonyl (C=O) groups excluding carboxylic acids is 1. The number of amides is 1. The maximum atomic E-state index is 11.9. The van der Waals surface area contributed by atoms with Gasteiger partial charge in [-0.15, -0.1) is 0 Å². The molecule has 1 aromatic carbocycles. The number of methoxy groups -OCH3 is 1. The van der Waals surface area contributed by atoms with Crippen LogP contribution in [0.2, 0.25) is 0 Å². The first kappa shape index (κ1) is 15.6. The van der Waals surface area contributed by atoms with Crippen LogP contribution in [0.25, 0.3) is 0 Å². The van der Waals surface area contributed by atoms with Gasteiger partial charge >= 0.3 is 0 Å². The van der Waals surface area contributed by atoms with Crippen LogP contribution in [0.3, 0.4) is 0 Å². The Morgan fingerprint density at radius 1 is 1.33 bits per heavy atom. The van der Waals surface area contributed by atoms with Crippen LogP contribution in [0.5, 0.6) is 11.5 Å². The number of nitrogens with two attached hydrogens (primary N) is 1. The SMILES string of the molecule is COc1ccc(C2C(N)CCC(=O)N2C)cc1OC(C)C. The number of benzene rings is 1.